The summed E-state index contributed by atoms with van der Waals surface area (Å²) in [5, 5.41) is 0. The number of ketones is 1. The zero-order chi connectivity index (χ0) is 13.9. The molecule has 3 fully saturated rings. The molecule has 0 aromatic heterocycles. The Morgan fingerprint density at radius 1 is 1.32 bits per heavy atom. The van der Waals surface area contributed by atoms with Gasteiger partial charge in [-0.3, -0.25) is 4.79 Å². The molecule has 2 nitrogen and oxygen atoms in total. The summed E-state index contributed by atoms with van der Waals surface area (Å²) >= 11 is 0. The summed E-state index contributed by atoms with van der Waals surface area (Å²) in [6.45, 7) is 9.19. The monoisotopic (exact) mass is 278 g/mol. The lowest BCUT2D eigenvalue weighted by atomic mass is 9.48. The van der Waals surface area contributed by atoms with E-state index in [1.165, 1.54) is 19.3 Å². The summed E-state index contributed by atoms with van der Waals surface area (Å²) in [6.07, 6.45) is 9.71. The molecule has 0 aliphatic heterocycles. The van der Waals surface area contributed by atoms with Gasteiger partial charge in [0.15, 0.2) is 14.1 Å². The van der Waals surface area contributed by atoms with Crippen molar-refractivity contribution in [1.29, 1.82) is 0 Å². The van der Waals surface area contributed by atoms with Gasteiger partial charge in [-0.25, -0.2) is 0 Å². The third-order valence-corrected chi connectivity index (χ3v) is 6.55. The third kappa shape index (κ3) is 2.25. The molecule has 0 radical (unpaired) electrons. The molecule has 0 N–H and O–H groups in total. The van der Waals surface area contributed by atoms with E-state index in [2.05, 4.69) is 32.6 Å². The van der Waals surface area contributed by atoms with Gasteiger partial charge in [-0.2, -0.15) is 0 Å². The number of allylic oxidation sites excluding steroid dienone is 2. The molecule has 0 aromatic rings. The highest BCUT2D eigenvalue weighted by Gasteiger charge is 2.58. The van der Waals surface area contributed by atoms with E-state index in [1.807, 2.05) is 6.08 Å². The van der Waals surface area contributed by atoms with Crippen molar-refractivity contribution < 1.29 is 9.22 Å². The van der Waals surface area contributed by atoms with Crippen LogP contribution in [0, 0.1) is 17.3 Å². The lowest BCUT2D eigenvalue weighted by molar-refractivity contribution is -0.138. The van der Waals surface area contributed by atoms with Gasteiger partial charge in [0.25, 0.3) is 0 Å². The van der Waals surface area contributed by atoms with E-state index in [1.54, 1.807) is 0 Å². The standard InChI is InChI=1S/C16H26O2Si/c1-15(18-19(2,3)4)11-16-7-5-12(15)9-13(16)10-14(17)6-8-16/h6,8,12-13H,5,7,9-11H2,1-4H3/t12-,13?,15?,16+/m0/s1. The predicted octanol–water partition coefficient (Wildman–Crippen LogP) is 3.93. The second-order valence-corrected chi connectivity index (χ2v) is 12.5. The van der Waals surface area contributed by atoms with Crippen LogP contribution in [0.15, 0.2) is 12.2 Å². The van der Waals surface area contributed by atoms with Crippen LogP contribution in [0.25, 0.3) is 0 Å². The van der Waals surface area contributed by atoms with Gasteiger partial charge in [-0.05, 0) is 75.6 Å². The maximum absolute atomic E-state index is 11.7. The lowest BCUT2D eigenvalue weighted by Crippen LogP contribution is -2.59. The molecule has 2 unspecified atom stereocenters. The Labute approximate surface area is 117 Å². The molecule has 4 aliphatic rings. The van der Waals surface area contributed by atoms with Crippen LogP contribution in [0.4, 0.5) is 0 Å². The van der Waals surface area contributed by atoms with Crippen molar-refractivity contribution in [3.63, 3.8) is 0 Å². The Hall–Kier alpha value is -0.413. The summed E-state index contributed by atoms with van der Waals surface area (Å²) in [7, 11) is -1.52. The fourth-order valence-corrected chi connectivity index (χ4v) is 6.52. The van der Waals surface area contributed by atoms with Gasteiger partial charge in [0.05, 0.1) is 5.60 Å². The molecule has 2 bridgehead atoms. The Balaban J connectivity index is 1.90. The van der Waals surface area contributed by atoms with Crippen LogP contribution >= 0.6 is 0 Å². The predicted molar refractivity (Wildman–Crippen MR) is 79.5 cm³/mol. The quantitative estimate of drug-likeness (QED) is 0.715. The Morgan fingerprint density at radius 2 is 2.05 bits per heavy atom. The molecule has 0 saturated heterocycles. The maximum atomic E-state index is 11.7. The summed E-state index contributed by atoms with van der Waals surface area (Å²) in [6, 6.07) is 0. The Bertz CT molecular complexity index is 437. The van der Waals surface area contributed by atoms with Gasteiger partial charge in [-0.1, -0.05) is 6.08 Å². The first-order valence-electron chi connectivity index (χ1n) is 7.65. The zero-order valence-corrected chi connectivity index (χ0v) is 13.7. The molecule has 0 amide bonds. The zero-order valence-electron chi connectivity index (χ0n) is 12.7. The molecule has 0 heterocycles. The molecule has 4 rings (SSSR count). The fraction of sp³-hybridized carbons (Fsp3) is 0.812. The molecule has 106 valence electrons. The van der Waals surface area contributed by atoms with Gasteiger partial charge in [0.1, 0.15) is 0 Å². The number of rotatable bonds is 2. The van der Waals surface area contributed by atoms with Crippen LogP contribution in [0.1, 0.15) is 39.0 Å². The van der Waals surface area contributed by atoms with E-state index < -0.39 is 8.32 Å². The largest absolute Gasteiger partial charge is 0.412 e. The first-order chi connectivity index (χ1) is 8.73. The van der Waals surface area contributed by atoms with E-state index in [0.717, 1.165) is 12.8 Å². The van der Waals surface area contributed by atoms with Crippen molar-refractivity contribution in [3.05, 3.63) is 12.2 Å². The van der Waals surface area contributed by atoms with Crippen molar-refractivity contribution in [2.45, 2.75) is 64.3 Å². The molecule has 1 spiro atoms. The number of fused-ring (bicyclic) bond motifs is 2. The highest BCUT2D eigenvalue weighted by atomic mass is 28.4. The smallest absolute Gasteiger partial charge is 0.184 e. The molecule has 3 saturated carbocycles. The average molecular weight is 278 g/mol. The summed E-state index contributed by atoms with van der Waals surface area (Å²) in [4.78, 5) is 11.7. The van der Waals surface area contributed by atoms with Crippen molar-refractivity contribution in [2.24, 2.45) is 17.3 Å². The molecular formula is C16H26O2Si. The second-order valence-electron chi connectivity index (χ2n) is 8.11. The third-order valence-electron chi connectivity index (χ3n) is 5.47. The van der Waals surface area contributed by atoms with Gasteiger partial charge >= 0.3 is 0 Å². The van der Waals surface area contributed by atoms with Crippen molar-refractivity contribution in [2.75, 3.05) is 0 Å². The molecule has 3 heteroatoms. The minimum absolute atomic E-state index is 0.0456. The van der Waals surface area contributed by atoms with E-state index in [4.69, 9.17) is 4.43 Å². The lowest BCUT2D eigenvalue weighted by Gasteiger charge is -2.61. The second kappa shape index (κ2) is 4.04. The number of carbonyl (C=O) groups is 1. The van der Waals surface area contributed by atoms with Crippen LogP contribution in [0.5, 0.6) is 0 Å². The van der Waals surface area contributed by atoms with E-state index >= 15 is 0 Å². The van der Waals surface area contributed by atoms with Crippen molar-refractivity contribution >= 4 is 14.1 Å². The minimum atomic E-state index is -1.52. The molecule has 0 aromatic carbocycles. The van der Waals surface area contributed by atoms with Gasteiger partial charge in [0, 0.05) is 6.42 Å². The molecule has 19 heavy (non-hydrogen) atoms. The van der Waals surface area contributed by atoms with Crippen LogP contribution in [0.2, 0.25) is 19.6 Å². The summed E-state index contributed by atoms with van der Waals surface area (Å²) in [5.74, 6) is 1.57. The first-order valence-corrected chi connectivity index (χ1v) is 11.1. The van der Waals surface area contributed by atoms with Gasteiger partial charge < -0.3 is 4.43 Å². The van der Waals surface area contributed by atoms with Gasteiger partial charge in [0.2, 0.25) is 0 Å². The van der Waals surface area contributed by atoms with E-state index in [9.17, 15) is 4.79 Å². The van der Waals surface area contributed by atoms with Crippen LogP contribution < -0.4 is 0 Å². The molecular weight excluding hydrogens is 252 g/mol. The fourth-order valence-electron chi connectivity index (χ4n) is 4.88. The van der Waals surface area contributed by atoms with Crippen molar-refractivity contribution in [1.82, 2.24) is 0 Å². The van der Waals surface area contributed by atoms with E-state index in [-0.39, 0.29) is 11.0 Å². The van der Waals surface area contributed by atoms with E-state index in [0.29, 0.717) is 17.6 Å². The number of hydrogen-bond acceptors (Lipinski definition) is 2. The Kier molecular flexibility index (Phi) is 2.89. The molecule has 4 aliphatic carbocycles. The van der Waals surface area contributed by atoms with Crippen LogP contribution in [-0.4, -0.2) is 19.7 Å². The van der Waals surface area contributed by atoms with Crippen LogP contribution in [-0.2, 0) is 9.22 Å². The number of hydrogen-bond donors (Lipinski definition) is 0. The summed E-state index contributed by atoms with van der Waals surface area (Å²) in [5.41, 5.74) is 0.307. The number of carbonyl (C=O) groups excluding carboxylic acids is 1. The molecule has 4 atom stereocenters. The van der Waals surface area contributed by atoms with Gasteiger partial charge in [-0.15, -0.1) is 0 Å². The minimum Gasteiger partial charge on any atom is -0.412 e. The first kappa shape index (κ1) is 13.6. The SMILES string of the molecule is CC1(O[Si](C)(C)C)C[C@@]23C=CC(=O)CC2C[C@@H]1CC3. The highest BCUT2D eigenvalue weighted by molar-refractivity contribution is 6.69. The normalized spacial score (nSPS) is 45.4. The topological polar surface area (TPSA) is 26.3 Å². The maximum Gasteiger partial charge on any atom is 0.184 e. The van der Waals surface area contributed by atoms with Crippen LogP contribution in [0.3, 0.4) is 0 Å². The Morgan fingerprint density at radius 3 is 2.74 bits per heavy atom. The highest BCUT2D eigenvalue weighted by Crippen LogP contribution is 2.61. The summed E-state index contributed by atoms with van der Waals surface area (Å²) < 4.78 is 6.59. The van der Waals surface area contributed by atoms with Crippen molar-refractivity contribution in [3.8, 4) is 0 Å². The average Bonchev–Trinajstić information content (AvgIpc) is 2.25.